The summed E-state index contributed by atoms with van der Waals surface area (Å²) < 4.78 is 10.8. The van der Waals surface area contributed by atoms with Gasteiger partial charge in [0.25, 0.3) is 5.91 Å². The second-order valence-corrected chi connectivity index (χ2v) is 6.68. The summed E-state index contributed by atoms with van der Waals surface area (Å²) in [4.78, 5) is 12.2. The van der Waals surface area contributed by atoms with Crippen molar-refractivity contribution in [3.8, 4) is 11.8 Å². The quantitative estimate of drug-likeness (QED) is 0.366. The molecule has 2 aromatic rings. The summed E-state index contributed by atoms with van der Waals surface area (Å²) in [6, 6.07) is 14.3. The molecule has 0 heterocycles. The van der Waals surface area contributed by atoms with Crippen LogP contribution in [0.25, 0.3) is 6.08 Å². The van der Waals surface area contributed by atoms with Crippen LogP contribution in [0.3, 0.4) is 0 Å². The fourth-order valence-corrected chi connectivity index (χ4v) is 2.81. The van der Waals surface area contributed by atoms with Crippen LogP contribution in [-0.2, 0) is 16.1 Å². The van der Waals surface area contributed by atoms with Gasteiger partial charge in [-0.05, 0) is 30.7 Å². The van der Waals surface area contributed by atoms with Crippen molar-refractivity contribution in [2.75, 3.05) is 20.3 Å². The number of benzene rings is 2. The van der Waals surface area contributed by atoms with E-state index >= 15 is 0 Å². The molecule has 0 aliphatic rings. The van der Waals surface area contributed by atoms with Gasteiger partial charge in [-0.1, -0.05) is 47.5 Å². The minimum absolute atomic E-state index is 0.00186. The van der Waals surface area contributed by atoms with E-state index in [0.29, 0.717) is 40.9 Å². The maximum absolute atomic E-state index is 12.2. The van der Waals surface area contributed by atoms with Gasteiger partial charge in [0, 0.05) is 41.4 Å². The standard InChI is InChI=1S/C21H20Cl2N2O3/c1-27-10-4-9-25-21(26)17(13-24)11-15-5-2-3-6-20(15)28-14-16-7-8-18(22)12-19(16)23/h2-3,5-8,11-12H,4,9-10,14H2,1H3,(H,25,26). The summed E-state index contributed by atoms with van der Waals surface area (Å²) >= 11 is 12.1. The molecule has 0 saturated carbocycles. The number of hydrogen-bond acceptors (Lipinski definition) is 4. The Kier molecular flexibility index (Phi) is 8.83. The Hall–Kier alpha value is -2.52. The average molecular weight is 419 g/mol. The van der Waals surface area contributed by atoms with Crippen molar-refractivity contribution in [3.63, 3.8) is 0 Å². The predicted molar refractivity (Wildman–Crippen MR) is 110 cm³/mol. The average Bonchev–Trinajstić information content (AvgIpc) is 2.69. The lowest BCUT2D eigenvalue weighted by Crippen LogP contribution is -2.26. The number of hydrogen-bond donors (Lipinski definition) is 1. The number of methoxy groups -OCH3 is 1. The second-order valence-electron chi connectivity index (χ2n) is 5.83. The first-order chi connectivity index (χ1) is 13.5. The molecule has 0 aliphatic carbocycles. The Morgan fingerprint density at radius 3 is 2.75 bits per heavy atom. The zero-order valence-electron chi connectivity index (χ0n) is 15.4. The third kappa shape index (κ3) is 6.58. The van der Waals surface area contributed by atoms with Gasteiger partial charge in [0.15, 0.2) is 0 Å². The van der Waals surface area contributed by atoms with Crippen LogP contribution in [0, 0.1) is 11.3 Å². The van der Waals surface area contributed by atoms with Gasteiger partial charge in [0.05, 0.1) is 0 Å². The minimum atomic E-state index is -0.436. The van der Waals surface area contributed by atoms with Crippen LogP contribution in [0.15, 0.2) is 48.0 Å². The molecule has 146 valence electrons. The summed E-state index contributed by atoms with van der Waals surface area (Å²) in [5.41, 5.74) is 1.40. The first kappa shape index (κ1) is 21.8. The minimum Gasteiger partial charge on any atom is -0.488 e. The van der Waals surface area contributed by atoms with Crippen molar-refractivity contribution in [1.29, 1.82) is 5.26 Å². The Morgan fingerprint density at radius 1 is 1.25 bits per heavy atom. The number of nitrogens with zero attached hydrogens (tertiary/aromatic N) is 1. The molecule has 0 fully saturated rings. The Balaban J connectivity index is 2.12. The largest absolute Gasteiger partial charge is 0.488 e. The number of nitriles is 1. The lowest BCUT2D eigenvalue weighted by Gasteiger charge is -2.11. The maximum atomic E-state index is 12.2. The molecule has 0 spiro atoms. The molecule has 2 aromatic carbocycles. The smallest absolute Gasteiger partial charge is 0.261 e. The maximum Gasteiger partial charge on any atom is 0.261 e. The zero-order chi connectivity index (χ0) is 20.4. The van der Waals surface area contributed by atoms with E-state index in [1.54, 1.807) is 43.5 Å². The van der Waals surface area contributed by atoms with Crippen molar-refractivity contribution in [2.45, 2.75) is 13.0 Å². The summed E-state index contributed by atoms with van der Waals surface area (Å²) in [5, 5.41) is 13.1. The van der Waals surface area contributed by atoms with Crippen molar-refractivity contribution < 1.29 is 14.3 Å². The molecule has 0 unspecified atom stereocenters. The summed E-state index contributed by atoms with van der Waals surface area (Å²) in [6.45, 7) is 1.20. The highest BCUT2D eigenvalue weighted by Crippen LogP contribution is 2.25. The van der Waals surface area contributed by atoms with E-state index in [-0.39, 0.29) is 12.2 Å². The Bertz CT molecular complexity index is 891. The lowest BCUT2D eigenvalue weighted by atomic mass is 10.1. The molecule has 0 aromatic heterocycles. The number of carbonyl (C=O) groups excluding carboxylic acids is 1. The topological polar surface area (TPSA) is 71.3 Å². The SMILES string of the molecule is COCCCNC(=O)C(C#N)=Cc1ccccc1OCc1ccc(Cl)cc1Cl. The molecule has 0 radical (unpaired) electrons. The van der Waals surface area contributed by atoms with Gasteiger partial charge in [-0.15, -0.1) is 0 Å². The number of para-hydroxylation sites is 1. The molecule has 7 heteroatoms. The monoisotopic (exact) mass is 418 g/mol. The molecule has 0 bridgehead atoms. The van der Waals surface area contributed by atoms with Gasteiger partial charge < -0.3 is 14.8 Å². The fraction of sp³-hybridized carbons (Fsp3) is 0.238. The fourth-order valence-electron chi connectivity index (χ4n) is 2.34. The van der Waals surface area contributed by atoms with E-state index in [9.17, 15) is 10.1 Å². The van der Waals surface area contributed by atoms with Crippen LogP contribution >= 0.6 is 23.2 Å². The van der Waals surface area contributed by atoms with E-state index in [0.717, 1.165) is 5.56 Å². The molecule has 1 amide bonds. The molecule has 0 atom stereocenters. The molecular weight excluding hydrogens is 399 g/mol. The Labute approximate surface area is 174 Å². The third-order valence-corrected chi connectivity index (χ3v) is 4.38. The van der Waals surface area contributed by atoms with Gasteiger partial charge in [0.1, 0.15) is 24.0 Å². The van der Waals surface area contributed by atoms with Crippen LogP contribution in [0.5, 0.6) is 5.75 Å². The van der Waals surface area contributed by atoms with Gasteiger partial charge in [-0.3, -0.25) is 4.79 Å². The number of halogens is 2. The number of carbonyl (C=O) groups is 1. The molecule has 5 nitrogen and oxygen atoms in total. The molecule has 28 heavy (non-hydrogen) atoms. The lowest BCUT2D eigenvalue weighted by molar-refractivity contribution is -0.117. The van der Waals surface area contributed by atoms with Gasteiger partial charge in [0.2, 0.25) is 0 Å². The van der Waals surface area contributed by atoms with Gasteiger partial charge in [-0.2, -0.15) is 5.26 Å². The predicted octanol–water partition coefficient (Wildman–Crippen LogP) is 4.63. The first-order valence-corrected chi connectivity index (χ1v) is 9.35. The highest BCUT2D eigenvalue weighted by Gasteiger charge is 2.11. The van der Waals surface area contributed by atoms with E-state index in [4.69, 9.17) is 32.7 Å². The number of ether oxygens (including phenoxy) is 2. The second kappa shape index (κ2) is 11.4. The van der Waals surface area contributed by atoms with Crippen LogP contribution in [0.4, 0.5) is 0 Å². The first-order valence-electron chi connectivity index (χ1n) is 8.60. The number of nitrogens with one attached hydrogen (secondary N) is 1. The van der Waals surface area contributed by atoms with E-state index in [1.807, 2.05) is 12.1 Å². The van der Waals surface area contributed by atoms with Gasteiger partial charge in [-0.25, -0.2) is 0 Å². The van der Waals surface area contributed by atoms with E-state index < -0.39 is 5.91 Å². The number of amides is 1. The van der Waals surface area contributed by atoms with Crippen molar-refractivity contribution >= 4 is 35.2 Å². The van der Waals surface area contributed by atoms with Crippen LogP contribution < -0.4 is 10.1 Å². The van der Waals surface area contributed by atoms with E-state index in [2.05, 4.69) is 5.32 Å². The zero-order valence-corrected chi connectivity index (χ0v) is 16.9. The molecular formula is C21H20Cl2N2O3. The van der Waals surface area contributed by atoms with Crippen LogP contribution in [0.1, 0.15) is 17.5 Å². The molecule has 0 aliphatic heterocycles. The Morgan fingerprint density at radius 2 is 2.04 bits per heavy atom. The van der Waals surface area contributed by atoms with Crippen LogP contribution in [-0.4, -0.2) is 26.2 Å². The van der Waals surface area contributed by atoms with Crippen molar-refractivity contribution in [1.82, 2.24) is 5.32 Å². The van der Waals surface area contributed by atoms with Crippen molar-refractivity contribution in [3.05, 3.63) is 69.2 Å². The normalized spacial score (nSPS) is 11.0. The molecule has 1 N–H and O–H groups in total. The summed E-state index contributed by atoms with van der Waals surface area (Å²) in [6.07, 6.45) is 2.17. The van der Waals surface area contributed by atoms with Crippen molar-refractivity contribution in [2.24, 2.45) is 0 Å². The summed E-state index contributed by atoms with van der Waals surface area (Å²) in [7, 11) is 1.59. The molecule has 0 saturated heterocycles. The number of rotatable bonds is 9. The van der Waals surface area contributed by atoms with E-state index in [1.165, 1.54) is 6.08 Å². The highest BCUT2D eigenvalue weighted by atomic mass is 35.5. The van der Waals surface area contributed by atoms with Gasteiger partial charge >= 0.3 is 0 Å². The summed E-state index contributed by atoms with van der Waals surface area (Å²) in [5.74, 6) is 0.0996. The van der Waals surface area contributed by atoms with Crippen LogP contribution in [0.2, 0.25) is 10.0 Å². The molecule has 2 rings (SSSR count). The highest BCUT2D eigenvalue weighted by molar-refractivity contribution is 6.35. The third-order valence-electron chi connectivity index (χ3n) is 3.79.